The van der Waals surface area contributed by atoms with Crippen LogP contribution in [0.3, 0.4) is 0 Å². The minimum Gasteiger partial charge on any atom is -0.508 e. The van der Waals surface area contributed by atoms with Crippen LogP contribution in [0.1, 0.15) is 73.8 Å². The van der Waals surface area contributed by atoms with Crippen molar-refractivity contribution in [1.29, 1.82) is 0 Å². The highest BCUT2D eigenvalue weighted by Gasteiger charge is 2.61. The van der Waals surface area contributed by atoms with Crippen molar-refractivity contribution in [2.24, 2.45) is 17.8 Å². The van der Waals surface area contributed by atoms with Crippen molar-refractivity contribution in [2.75, 3.05) is 27.2 Å². The van der Waals surface area contributed by atoms with Crippen molar-refractivity contribution >= 4 is 0 Å². The van der Waals surface area contributed by atoms with Crippen LogP contribution in [0.25, 0.3) is 0 Å². The summed E-state index contributed by atoms with van der Waals surface area (Å²) >= 11 is 0. The van der Waals surface area contributed by atoms with Gasteiger partial charge in [0.05, 0.1) is 0 Å². The van der Waals surface area contributed by atoms with Crippen LogP contribution in [0.5, 0.6) is 11.5 Å². The molecule has 2 saturated heterocycles. The highest BCUT2D eigenvalue weighted by Crippen LogP contribution is 2.64. The fourth-order valence-electron chi connectivity index (χ4n) is 10.2. The number of aromatic hydroxyl groups is 2. The molecule has 6 aliphatic rings. The Morgan fingerprint density at radius 3 is 2.43 bits per heavy atom. The lowest BCUT2D eigenvalue weighted by Crippen LogP contribution is -2.61. The number of benzene rings is 2. The third kappa shape index (κ3) is 3.21. The molecule has 4 bridgehead atoms. The molecule has 4 nitrogen and oxygen atoms in total. The van der Waals surface area contributed by atoms with Gasteiger partial charge in [-0.25, -0.2) is 0 Å². The van der Waals surface area contributed by atoms with Gasteiger partial charge in [0.1, 0.15) is 11.5 Å². The predicted molar refractivity (Wildman–Crippen MR) is 148 cm³/mol. The first-order chi connectivity index (χ1) is 17.7. The molecule has 2 aromatic carbocycles. The summed E-state index contributed by atoms with van der Waals surface area (Å²) < 4.78 is 0. The van der Waals surface area contributed by atoms with Gasteiger partial charge in [-0.3, -0.25) is 0 Å². The number of hydrogen-bond acceptors (Lipinski definition) is 4. The van der Waals surface area contributed by atoms with Crippen LogP contribution in [0, 0.1) is 17.8 Å². The largest absolute Gasteiger partial charge is 0.508 e. The second-order valence-electron chi connectivity index (χ2n) is 13.6. The summed E-state index contributed by atoms with van der Waals surface area (Å²) in [6, 6.07) is 11.5. The molecule has 0 aromatic heterocycles. The van der Waals surface area contributed by atoms with Crippen LogP contribution in [0.2, 0.25) is 0 Å². The third-order valence-corrected chi connectivity index (χ3v) is 12.4. The SMILES string of the molecule is CC1C2Cc3ccc(O)cc3C1(C)CCN2C.CN1CCC23c4c5ccc(O)c4CC2CCCC3C1C5. The third-order valence-electron chi connectivity index (χ3n) is 12.4. The summed E-state index contributed by atoms with van der Waals surface area (Å²) in [4.78, 5) is 5.12. The molecule has 7 atom stereocenters. The molecular weight excluding hydrogens is 456 g/mol. The Morgan fingerprint density at radius 1 is 0.865 bits per heavy atom. The van der Waals surface area contributed by atoms with E-state index in [1.807, 2.05) is 18.2 Å². The standard InChI is InChI=1S/C18H23NO.C15H21NO/c1-19-8-7-18-12-3-2-4-14(18)15(19)9-11-5-6-16(20)13(10-12)17(11)18;1-10-14-8-11-4-5-12(17)9-13(11)15(10,2)6-7-16(14)3/h5-6,12,14-15,20H,2-4,7-10H2,1H3;4-5,9-10,14,17H,6-8H2,1-3H3. The predicted octanol–water partition coefficient (Wildman–Crippen LogP) is 5.41. The number of phenolic OH excluding ortho intramolecular Hbond substituents is 2. The van der Waals surface area contributed by atoms with E-state index in [4.69, 9.17) is 0 Å². The van der Waals surface area contributed by atoms with E-state index < -0.39 is 0 Å². The van der Waals surface area contributed by atoms with Crippen LogP contribution < -0.4 is 0 Å². The molecule has 7 unspecified atom stereocenters. The molecule has 4 aliphatic carbocycles. The van der Waals surface area contributed by atoms with Gasteiger partial charge < -0.3 is 20.0 Å². The summed E-state index contributed by atoms with van der Waals surface area (Å²) in [7, 11) is 4.56. The topological polar surface area (TPSA) is 46.9 Å². The van der Waals surface area contributed by atoms with Crippen molar-refractivity contribution in [3.63, 3.8) is 0 Å². The van der Waals surface area contributed by atoms with Crippen LogP contribution in [-0.4, -0.2) is 59.3 Å². The molecule has 0 radical (unpaired) electrons. The van der Waals surface area contributed by atoms with E-state index in [0.717, 1.165) is 30.7 Å². The van der Waals surface area contributed by atoms with Crippen molar-refractivity contribution < 1.29 is 10.2 Å². The molecule has 3 fully saturated rings. The number of nitrogens with zero attached hydrogens (tertiary/aromatic N) is 2. The fraction of sp³-hybridized carbons (Fsp3) is 0.636. The first-order valence-electron chi connectivity index (χ1n) is 14.8. The molecule has 8 rings (SSSR count). The van der Waals surface area contributed by atoms with Crippen molar-refractivity contribution in [1.82, 2.24) is 9.80 Å². The molecule has 0 amide bonds. The lowest BCUT2D eigenvalue weighted by molar-refractivity contribution is -0.0225. The molecule has 1 saturated carbocycles. The van der Waals surface area contributed by atoms with Gasteiger partial charge in [0.2, 0.25) is 0 Å². The lowest BCUT2D eigenvalue weighted by Gasteiger charge is -2.59. The van der Waals surface area contributed by atoms with Crippen LogP contribution >= 0.6 is 0 Å². The maximum absolute atomic E-state index is 10.3. The summed E-state index contributed by atoms with van der Waals surface area (Å²) in [5.74, 6) is 3.30. The van der Waals surface area contributed by atoms with E-state index in [-0.39, 0.29) is 5.41 Å². The Bertz CT molecular complexity index is 1240. The van der Waals surface area contributed by atoms with Gasteiger partial charge in [0.25, 0.3) is 0 Å². The molecule has 2 aliphatic heterocycles. The monoisotopic (exact) mass is 500 g/mol. The second kappa shape index (κ2) is 8.23. The Balaban J connectivity index is 0.000000127. The van der Waals surface area contributed by atoms with E-state index in [2.05, 4.69) is 49.9 Å². The Morgan fingerprint density at radius 2 is 1.59 bits per heavy atom. The van der Waals surface area contributed by atoms with Gasteiger partial charge >= 0.3 is 0 Å². The highest BCUT2D eigenvalue weighted by atomic mass is 16.3. The normalized spacial score (nSPS) is 39.3. The smallest absolute Gasteiger partial charge is 0.119 e. The van der Waals surface area contributed by atoms with E-state index in [0.29, 0.717) is 28.9 Å². The number of phenols is 2. The van der Waals surface area contributed by atoms with E-state index in [1.165, 1.54) is 68.3 Å². The maximum Gasteiger partial charge on any atom is 0.119 e. The Labute approximate surface area is 222 Å². The molecule has 4 heteroatoms. The van der Waals surface area contributed by atoms with Gasteiger partial charge in [-0.15, -0.1) is 0 Å². The number of piperidine rings is 2. The van der Waals surface area contributed by atoms with Gasteiger partial charge in [-0.1, -0.05) is 32.4 Å². The van der Waals surface area contributed by atoms with Crippen molar-refractivity contribution in [3.05, 3.63) is 58.1 Å². The molecule has 2 aromatic rings. The minimum atomic E-state index is 0.240. The van der Waals surface area contributed by atoms with Crippen molar-refractivity contribution in [3.8, 4) is 11.5 Å². The van der Waals surface area contributed by atoms with E-state index >= 15 is 0 Å². The minimum absolute atomic E-state index is 0.240. The summed E-state index contributed by atoms with van der Waals surface area (Å²) in [6.45, 7) is 7.15. The zero-order chi connectivity index (χ0) is 25.7. The molecule has 37 heavy (non-hydrogen) atoms. The molecule has 198 valence electrons. The van der Waals surface area contributed by atoms with Gasteiger partial charge in [-0.2, -0.15) is 0 Å². The zero-order valence-corrected chi connectivity index (χ0v) is 23.1. The molecule has 2 heterocycles. The first-order valence-corrected chi connectivity index (χ1v) is 14.8. The Kier molecular flexibility index (Phi) is 5.34. The number of likely N-dealkylation sites (N-methyl/N-ethyl adjacent to an activating group) is 2. The fourth-order valence-corrected chi connectivity index (χ4v) is 10.2. The van der Waals surface area contributed by atoms with E-state index in [9.17, 15) is 10.2 Å². The molecular formula is C33H44N2O2. The van der Waals surface area contributed by atoms with Gasteiger partial charge in [0.15, 0.2) is 0 Å². The molecule has 2 N–H and O–H groups in total. The number of rotatable bonds is 0. The van der Waals surface area contributed by atoms with Crippen molar-refractivity contribution in [2.45, 2.75) is 88.1 Å². The average molecular weight is 501 g/mol. The Hall–Kier alpha value is -2.04. The first kappa shape index (κ1) is 24.0. The summed E-state index contributed by atoms with van der Waals surface area (Å²) in [5, 5.41) is 20.1. The van der Waals surface area contributed by atoms with Crippen LogP contribution in [-0.2, 0) is 30.1 Å². The summed E-state index contributed by atoms with van der Waals surface area (Å²) in [6.07, 6.45) is 10.2. The number of hydrogen-bond donors (Lipinski definition) is 2. The lowest BCUT2D eigenvalue weighted by atomic mass is 9.51. The van der Waals surface area contributed by atoms with Crippen LogP contribution in [0.4, 0.5) is 0 Å². The maximum atomic E-state index is 10.3. The number of likely N-dealkylation sites (tertiary alicyclic amines) is 2. The van der Waals surface area contributed by atoms with E-state index in [1.54, 1.807) is 11.1 Å². The zero-order valence-electron chi connectivity index (χ0n) is 23.1. The van der Waals surface area contributed by atoms with Gasteiger partial charge in [0, 0.05) is 17.5 Å². The molecule has 1 spiro atoms. The average Bonchev–Trinajstić information content (AvgIpc) is 3.23. The number of fused-ring (bicyclic) bond motifs is 4. The second-order valence-corrected chi connectivity index (χ2v) is 13.6. The summed E-state index contributed by atoms with van der Waals surface area (Å²) in [5.41, 5.74) is 7.96. The quantitative estimate of drug-likeness (QED) is 0.508. The van der Waals surface area contributed by atoms with Crippen LogP contribution in [0.15, 0.2) is 30.3 Å². The highest BCUT2D eigenvalue weighted by molar-refractivity contribution is 5.56. The van der Waals surface area contributed by atoms with Gasteiger partial charge in [-0.05, 0) is 141 Å².